The minimum absolute atomic E-state index is 0.300. The molecule has 0 bridgehead atoms. The van der Waals surface area contributed by atoms with Gasteiger partial charge in [0.1, 0.15) is 0 Å². The normalized spacial score (nSPS) is 26.1. The number of nitrogens with zero attached hydrogens (tertiary/aromatic N) is 1. The number of carbonyl (C=O) groups is 1. The molecule has 0 aliphatic heterocycles. The summed E-state index contributed by atoms with van der Waals surface area (Å²) in [6, 6.07) is 0.698. The molecular weight excluding hydrogens is 190 g/mol. The molecule has 1 fully saturated rings. The molecule has 1 aliphatic carbocycles. The number of hydrogen-bond donors (Lipinski definition) is 1. The molecule has 15 heavy (non-hydrogen) atoms. The zero-order valence-corrected chi connectivity index (χ0v) is 9.91. The second-order valence-electron chi connectivity index (χ2n) is 4.72. The maximum absolute atomic E-state index is 10.4. The molecule has 3 nitrogen and oxygen atoms in total. The number of aliphatic carboxylic acids is 1. The molecule has 0 spiro atoms. The van der Waals surface area contributed by atoms with Crippen molar-refractivity contribution in [3.63, 3.8) is 0 Å². The summed E-state index contributed by atoms with van der Waals surface area (Å²) < 4.78 is 0. The molecule has 2 atom stereocenters. The van der Waals surface area contributed by atoms with Gasteiger partial charge in [0.05, 0.1) is 0 Å². The second-order valence-corrected chi connectivity index (χ2v) is 4.72. The number of hydrogen-bond acceptors (Lipinski definition) is 2. The predicted molar refractivity (Wildman–Crippen MR) is 60.9 cm³/mol. The molecule has 1 aliphatic rings. The van der Waals surface area contributed by atoms with Gasteiger partial charge in [-0.15, -0.1) is 0 Å². The Bertz CT molecular complexity index is 206. The summed E-state index contributed by atoms with van der Waals surface area (Å²) >= 11 is 0. The fraction of sp³-hybridized carbons (Fsp3) is 0.917. The quantitative estimate of drug-likeness (QED) is 0.736. The molecule has 1 saturated carbocycles. The number of carboxylic acid groups (broad SMARTS) is 1. The van der Waals surface area contributed by atoms with Crippen molar-refractivity contribution < 1.29 is 9.90 Å². The Labute approximate surface area is 92.5 Å². The summed E-state index contributed by atoms with van der Waals surface area (Å²) in [5.41, 5.74) is 0. The summed E-state index contributed by atoms with van der Waals surface area (Å²) in [7, 11) is 2.13. The molecule has 3 heteroatoms. The van der Waals surface area contributed by atoms with E-state index in [2.05, 4.69) is 18.9 Å². The predicted octanol–water partition coefficient (Wildman–Crippen LogP) is 2.36. The van der Waals surface area contributed by atoms with Crippen molar-refractivity contribution in [1.82, 2.24) is 4.90 Å². The van der Waals surface area contributed by atoms with Gasteiger partial charge in [-0.25, -0.2) is 0 Å². The second kappa shape index (κ2) is 6.11. The van der Waals surface area contributed by atoms with Gasteiger partial charge < -0.3 is 10.0 Å². The third-order valence-corrected chi connectivity index (χ3v) is 3.62. The first-order valence-electron chi connectivity index (χ1n) is 6.05. The molecule has 0 aromatic heterocycles. The van der Waals surface area contributed by atoms with Crippen LogP contribution in [0.4, 0.5) is 0 Å². The van der Waals surface area contributed by atoms with Crippen molar-refractivity contribution in [2.75, 3.05) is 13.6 Å². The van der Waals surface area contributed by atoms with E-state index in [1.54, 1.807) is 0 Å². The van der Waals surface area contributed by atoms with E-state index in [9.17, 15) is 4.79 Å². The Morgan fingerprint density at radius 3 is 2.73 bits per heavy atom. The van der Waals surface area contributed by atoms with Crippen molar-refractivity contribution in [2.24, 2.45) is 5.92 Å². The average molecular weight is 213 g/mol. The van der Waals surface area contributed by atoms with Crippen LogP contribution in [-0.4, -0.2) is 35.6 Å². The third-order valence-electron chi connectivity index (χ3n) is 3.62. The molecule has 88 valence electrons. The van der Waals surface area contributed by atoms with Crippen LogP contribution < -0.4 is 0 Å². The van der Waals surface area contributed by atoms with E-state index in [1.807, 2.05) is 0 Å². The van der Waals surface area contributed by atoms with Crippen molar-refractivity contribution in [3.8, 4) is 0 Å². The molecule has 0 aromatic carbocycles. The summed E-state index contributed by atoms with van der Waals surface area (Å²) in [6.45, 7) is 3.19. The van der Waals surface area contributed by atoms with Crippen molar-refractivity contribution >= 4 is 5.97 Å². The van der Waals surface area contributed by atoms with Crippen molar-refractivity contribution in [3.05, 3.63) is 0 Å². The van der Waals surface area contributed by atoms with Gasteiger partial charge in [0, 0.05) is 12.5 Å². The minimum atomic E-state index is -0.679. The van der Waals surface area contributed by atoms with Gasteiger partial charge in [0.15, 0.2) is 0 Å². The SMILES string of the molecule is CCC1CCC(N(C)CCCC(=O)O)C1. The van der Waals surface area contributed by atoms with Gasteiger partial charge in [-0.2, -0.15) is 0 Å². The monoisotopic (exact) mass is 213 g/mol. The highest BCUT2D eigenvalue weighted by molar-refractivity contribution is 5.66. The lowest BCUT2D eigenvalue weighted by molar-refractivity contribution is -0.137. The number of rotatable bonds is 6. The van der Waals surface area contributed by atoms with E-state index >= 15 is 0 Å². The van der Waals surface area contributed by atoms with Gasteiger partial charge in [-0.1, -0.05) is 13.3 Å². The Kier molecular flexibility index (Phi) is 5.09. The molecule has 1 N–H and O–H groups in total. The van der Waals surface area contributed by atoms with E-state index in [1.165, 1.54) is 25.7 Å². The lowest BCUT2D eigenvalue weighted by Crippen LogP contribution is -2.30. The molecule has 0 heterocycles. The first kappa shape index (κ1) is 12.5. The van der Waals surface area contributed by atoms with E-state index in [4.69, 9.17) is 5.11 Å². The van der Waals surface area contributed by atoms with Gasteiger partial charge in [0.25, 0.3) is 0 Å². The Hall–Kier alpha value is -0.570. The molecule has 2 unspecified atom stereocenters. The highest BCUT2D eigenvalue weighted by atomic mass is 16.4. The van der Waals surface area contributed by atoms with Gasteiger partial charge >= 0.3 is 5.97 Å². The van der Waals surface area contributed by atoms with Crippen molar-refractivity contribution in [1.29, 1.82) is 0 Å². The summed E-state index contributed by atoms with van der Waals surface area (Å²) in [5.74, 6) is 0.221. The van der Waals surface area contributed by atoms with Crippen LogP contribution in [0.2, 0.25) is 0 Å². The highest BCUT2D eigenvalue weighted by Gasteiger charge is 2.25. The molecule has 1 rings (SSSR count). The van der Waals surface area contributed by atoms with Crippen LogP contribution in [0.25, 0.3) is 0 Å². The van der Waals surface area contributed by atoms with Crippen LogP contribution in [0, 0.1) is 5.92 Å². The summed E-state index contributed by atoms with van der Waals surface area (Å²) in [6.07, 6.45) is 6.32. The molecule has 0 saturated heterocycles. The first-order chi connectivity index (χ1) is 7.13. The first-order valence-corrected chi connectivity index (χ1v) is 6.05. The van der Waals surface area contributed by atoms with E-state index in [0.29, 0.717) is 12.5 Å². The van der Waals surface area contributed by atoms with Crippen LogP contribution in [-0.2, 0) is 4.79 Å². The van der Waals surface area contributed by atoms with Crippen molar-refractivity contribution in [2.45, 2.75) is 51.5 Å². The van der Waals surface area contributed by atoms with Gasteiger partial charge in [0.2, 0.25) is 0 Å². The summed E-state index contributed by atoms with van der Waals surface area (Å²) in [5, 5.41) is 8.55. The fourth-order valence-corrected chi connectivity index (χ4v) is 2.48. The topological polar surface area (TPSA) is 40.5 Å². The van der Waals surface area contributed by atoms with Crippen LogP contribution in [0.1, 0.15) is 45.4 Å². The Morgan fingerprint density at radius 1 is 1.47 bits per heavy atom. The molecular formula is C12H23NO2. The van der Waals surface area contributed by atoms with E-state index in [-0.39, 0.29) is 0 Å². The zero-order valence-electron chi connectivity index (χ0n) is 9.91. The standard InChI is InChI=1S/C12H23NO2/c1-3-10-6-7-11(9-10)13(2)8-4-5-12(14)15/h10-11H,3-9H2,1-2H3,(H,14,15). The lowest BCUT2D eigenvalue weighted by Gasteiger charge is -2.24. The lowest BCUT2D eigenvalue weighted by atomic mass is 10.1. The fourth-order valence-electron chi connectivity index (χ4n) is 2.48. The van der Waals surface area contributed by atoms with Gasteiger partial charge in [-0.3, -0.25) is 4.79 Å². The zero-order chi connectivity index (χ0) is 11.3. The van der Waals surface area contributed by atoms with Crippen LogP contribution in [0.15, 0.2) is 0 Å². The molecule has 0 radical (unpaired) electrons. The van der Waals surface area contributed by atoms with E-state index in [0.717, 1.165) is 18.9 Å². The Balaban J connectivity index is 2.17. The smallest absolute Gasteiger partial charge is 0.303 e. The minimum Gasteiger partial charge on any atom is -0.481 e. The number of carboxylic acids is 1. The molecule has 0 amide bonds. The highest BCUT2D eigenvalue weighted by Crippen LogP contribution is 2.30. The van der Waals surface area contributed by atoms with Crippen LogP contribution in [0.5, 0.6) is 0 Å². The van der Waals surface area contributed by atoms with Crippen LogP contribution in [0.3, 0.4) is 0 Å². The maximum atomic E-state index is 10.4. The van der Waals surface area contributed by atoms with Crippen LogP contribution >= 0.6 is 0 Å². The van der Waals surface area contributed by atoms with Gasteiger partial charge in [-0.05, 0) is 45.2 Å². The van der Waals surface area contributed by atoms with E-state index < -0.39 is 5.97 Å². The largest absolute Gasteiger partial charge is 0.481 e. The average Bonchev–Trinajstić information content (AvgIpc) is 2.65. The molecule has 0 aromatic rings. The third kappa shape index (κ3) is 4.20. The Morgan fingerprint density at radius 2 is 2.20 bits per heavy atom. The maximum Gasteiger partial charge on any atom is 0.303 e. The summed E-state index contributed by atoms with van der Waals surface area (Å²) in [4.78, 5) is 12.7.